The zero-order valence-electron chi connectivity index (χ0n) is 10.3. The summed E-state index contributed by atoms with van der Waals surface area (Å²) in [5, 5.41) is 1.40. The summed E-state index contributed by atoms with van der Waals surface area (Å²) in [4.78, 5) is 12.5. The summed E-state index contributed by atoms with van der Waals surface area (Å²) in [6, 6.07) is 7.58. The fourth-order valence-corrected chi connectivity index (χ4v) is 2.28. The molecule has 3 aromatic rings. The molecule has 0 atom stereocenters. The van der Waals surface area contributed by atoms with Gasteiger partial charge >= 0.3 is 0 Å². The second-order valence-corrected chi connectivity index (χ2v) is 4.69. The van der Waals surface area contributed by atoms with E-state index < -0.39 is 0 Å². The van der Waals surface area contributed by atoms with Crippen molar-refractivity contribution in [3.63, 3.8) is 0 Å². The van der Waals surface area contributed by atoms with Crippen molar-refractivity contribution in [3.05, 3.63) is 47.5 Å². The van der Waals surface area contributed by atoms with Gasteiger partial charge in [-0.15, -0.1) is 0 Å². The Morgan fingerprint density at radius 1 is 1.16 bits per heavy atom. The average Bonchev–Trinajstić information content (AvgIpc) is 2.36. The summed E-state index contributed by atoms with van der Waals surface area (Å²) >= 11 is 5.96. The third-order valence-corrected chi connectivity index (χ3v) is 3.09. The average molecular weight is 271 g/mol. The van der Waals surface area contributed by atoms with Crippen LogP contribution in [0.15, 0.2) is 36.7 Å². The van der Waals surface area contributed by atoms with E-state index in [1.54, 1.807) is 12.4 Å². The normalized spacial score (nSPS) is 10.8. The summed E-state index contributed by atoms with van der Waals surface area (Å²) in [7, 11) is 0. The number of nitrogen functional groups attached to an aromatic ring is 1. The second-order valence-electron chi connectivity index (χ2n) is 4.30. The van der Waals surface area contributed by atoms with Crippen molar-refractivity contribution in [2.45, 2.75) is 6.92 Å². The van der Waals surface area contributed by atoms with Crippen LogP contribution in [0, 0.1) is 6.92 Å². The smallest absolute Gasteiger partial charge is 0.129 e. The molecule has 0 saturated carbocycles. The van der Waals surface area contributed by atoms with Crippen LogP contribution in [0.1, 0.15) is 5.69 Å². The molecule has 94 valence electrons. The molecule has 3 aromatic heterocycles. The van der Waals surface area contributed by atoms with Crippen LogP contribution in [0.2, 0.25) is 5.15 Å². The number of aromatic nitrogens is 3. The lowest BCUT2D eigenvalue weighted by molar-refractivity contribution is 1.21. The minimum Gasteiger partial charge on any atom is -0.384 e. The Morgan fingerprint density at radius 3 is 2.79 bits per heavy atom. The van der Waals surface area contributed by atoms with Crippen LogP contribution in [0.5, 0.6) is 0 Å². The van der Waals surface area contributed by atoms with E-state index in [-0.39, 0.29) is 0 Å². The molecule has 0 saturated heterocycles. The van der Waals surface area contributed by atoms with E-state index in [1.165, 1.54) is 0 Å². The largest absolute Gasteiger partial charge is 0.384 e. The molecule has 0 aliphatic heterocycles. The maximum atomic E-state index is 5.96. The molecular formula is C14H11ClN4. The van der Waals surface area contributed by atoms with Crippen LogP contribution in [0.3, 0.4) is 0 Å². The van der Waals surface area contributed by atoms with E-state index in [0.29, 0.717) is 11.0 Å². The molecule has 5 heteroatoms. The highest BCUT2D eigenvalue weighted by Crippen LogP contribution is 2.29. The predicted molar refractivity (Wildman–Crippen MR) is 76.9 cm³/mol. The van der Waals surface area contributed by atoms with Gasteiger partial charge in [0.2, 0.25) is 0 Å². The first-order valence-electron chi connectivity index (χ1n) is 5.78. The van der Waals surface area contributed by atoms with Crippen molar-refractivity contribution in [2.24, 2.45) is 0 Å². The maximum absolute atomic E-state index is 5.96. The Kier molecular flexibility index (Phi) is 2.80. The number of anilines is 1. The van der Waals surface area contributed by atoms with E-state index in [0.717, 1.165) is 27.7 Å². The summed E-state index contributed by atoms with van der Waals surface area (Å²) in [5.74, 6) is 0.500. The second kappa shape index (κ2) is 4.48. The van der Waals surface area contributed by atoms with Crippen LogP contribution in [-0.2, 0) is 0 Å². The molecule has 3 rings (SSSR count). The summed E-state index contributed by atoms with van der Waals surface area (Å²) in [6.45, 7) is 1.91. The number of rotatable bonds is 1. The Hall–Kier alpha value is -2.20. The Bertz CT molecular complexity index is 750. The first kappa shape index (κ1) is 11.9. The van der Waals surface area contributed by atoms with Gasteiger partial charge in [-0.1, -0.05) is 11.6 Å². The number of hydrogen-bond acceptors (Lipinski definition) is 4. The number of fused-ring (bicyclic) bond motifs is 1. The van der Waals surface area contributed by atoms with Crippen molar-refractivity contribution in [1.29, 1.82) is 0 Å². The first-order valence-corrected chi connectivity index (χ1v) is 6.16. The standard InChI is InChI=1S/C14H11ClN4/c1-8-4-9(5-14(16)19-8)10-2-3-17-12-7-18-13(15)6-11(10)12/h2-7H,1H3,(H2,16,19). The van der Waals surface area contributed by atoms with Crippen LogP contribution in [0.4, 0.5) is 5.82 Å². The van der Waals surface area contributed by atoms with E-state index in [9.17, 15) is 0 Å². The number of nitrogens with zero attached hydrogens (tertiary/aromatic N) is 3. The van der Waals surface area contributed by atoms with E-state index in [1.807, 2.05) is 31.2 Å². The van der Waals surface area contributed by atoms with Gasteiger partial charge in [-0.05, 0) is 42.3 Å². The molecule has 19 heavy (non-hydrogen) atoms. The van der Waals surface area contributed by atoms with Crippen LogP contribution in [-0.4, -0.2) is 15.0 Å². The fourth-order valence-electron chi connectivity index (χ4n) is 2.12. The Morgan fingerprint density at radius 2 is 2.00 bits per heavy atom. The van der Waals surface area contributed by atoms with Gasteiger partial charge in [0.05, 0.1) is 11.7 Å². The highest BCUT2D eigenvalue weighted by molar-refractivity contribution is 6.30. The molecule has 0 spiro atoms. The third-order valence-electron chi connectivity index (χ3n) is 2.88. The number of pyridine rings is 3. The number of hydrogen-bond donors (Lipinski definition) is 1. The summed E-state index contributed by atoms with van der Waals surface area (Å²) in [5.41, 5.74) is 9.50. The third kappa shape index (κ3) is 2.22. The maximum Gasteiger partial charge on any atom is 0.129 e. The minimum atomic E-state index is 0.445. The lowest BCUT2D eigenvalue weighted by Gasteiger charge is -2.08. The number of halogens is 1. The van der Waals surface area contributed by atoms with Gasteiger partial charge in [-0.2, -0.15) is 0 Å². The molecule has 2 N–H and O–H groups in total. The van der Waals surface area contributed by atoms with Gasteiger partial charge in [0, 0.05) is 17.3 Å². The zero-order valence-corrected chi connectivity index (χ0v) is 11.0. The van der Waals surface area contributed by atoms with Gasteiger partial charge in [0.25, 0.3) is 0 Å². The van der Waals surface area contributed by atoms with E-state index in [2.05, 4.69) is 15.0 Å². The van der Waals surface area contributed by atoms with Gasteiger partial charge in [0.15, 0.2) is 0 Å². The highest BCUT2D eigenvalue weighted by atomic mass is 35.5. The van der Waals surface area contributed by atoms with Gasteiger partial charge in [-0.3, -0.25) is 4.98 Å². The SMILES string of the molecule is Cc1cc(-c2ccnc3cnc(Cl)cc23)cc(N)n1. The first-order chi connectivity index (χ1) is 9.13. The molecule has 3 heterocycles. The van der Waals surface area contributed by atoms with Crippen molar-refractivity contribution in [3.8, 4) is 11.1 Å². The monoisotopic (exact) mass is 270 g/mol. The molecule has 0 unspecified atom stereocenters. The summed E-state index contributed by atoms with van der Waals surface area (Å²) in [6.07, 6.45) is 3.41. The highest BCUT2D eigenvalue weighted by Gasteiger charge is 2.07. The fraction of sp³-hybridized carbons (Fsp3) is 0.0714. The van der Waals surface area contributed by atoms with Crippen molar-refractivity contribution < 1.29 is 0 Å². The van der Waals surface area contributed by atoms with Gasteiger partial charge < -0.3 is 5.73 Å². The minimum absolute atomic E-state index is 0.445. The summed E-state index contributed by atoms with van der Waals surface area (Å²) < 4.78 is 0. The lowest BCUT2D eigenvalue weighted by atomic mass is 10.0. The van der Waals surface area contributed by atoms with Crippen LogP contribution < -0.4 is 5.73 Å². The topological polar surface area (TPSA) is 64.7 Å². The van der Waals surface area contributed by atoms with Gasteiger partial charge in [0.1, 0.15) is 11.0 Å². The molecule has 4 nitrogen and oxygen atoms in total. The quantitative estimate of drug-likeness (QED) is 0.690. The van der Waals surface area contributed by atoms with Gasteiger partial charge in [-0.25, -0.2) is 9.97 Å². The van der Waals surface area contributed by atoms with Crippen LogP contribution >= 0.6 is 11.6 Å². The number of nitrogens with two attached hydrogens (primary N) is 1. The Labute approximate surface area is 115 Å². The van der Waals surface area contributed by atoms with E-state index in [4.69, 9.17) is 17.3 Å². The van der Waals surface area contributed by atoms with E-state index >= 15 is 0 Å². The lowest BCUT2D eigenvalue weighted by Crippen LogP contribution is -1.94. The molecule has 0 amide bonds. The number of aryl methyl sites for hydroxylation is 1. The molecule has 0 aliphatic carbocycles. The van der Waals surface area contributed by atoms with Crippen molar-refractivity contribution in [2.75, 3.05) is 5.73 Å². The Balaban J connectivity index is 2.32. The molecule has 0 aromatic carbocycles. The zero-order chi connectivity index (χ0) is 13.4. The molecule has 0 aliphatic rings. The molecule has 0 bridgehead atoms. The molecule has 0 fully saturated rings. The molecular weight excluding hydrogens is 260 g/mol. The van der Waals surface area contributed by atoms with Crippen molar-refractivity contribution >= 4 is 28.3 Å². The molecule has 0 radical (unpaired) electrons. The van der Waals surface area contributed by atoms with Crippen LogP contribution in [0.25, 0.3) is 22.0 Å². The predicted octanol–water partition coefficient (Wildman–Crippen LogP) is 3.24. The van der Waals surface area contributed by atoms with Crippen molar-refractivity contribution in [1.82, 2.24) is 15.0 Å².